The molecule has 0 atom stereocenters. The second-order valence-corrected chi connectivity index (χ2v) is 10.2. The summed E-state index contributed by atoms with van der Waals surface area (Å²) in [6, 6.07) is 15.5. The minimum Gasteiger partial charge on any atom is -0.241 e. The first kappa shape index (κ1) is 22.3. The topological polar surface area (TPSA) is 46.2 Å². The fraction of sp³-hybridized carbons (Fsp3) is 0.280. The number of hydrogen-bond donors (Lipinski definition) is 1. The van der Waals surface area contributed by atoms with E-state index in [2.05, 4.69) is 70.4 Å². The van der Waals surface area contributed by atoms with Crippen molar-refractivity contribution >= 4 is 27.8 Å². The molecule has 0 aliphatic heterocycles. The molecule has 3 aromatic rings. The first-order chi connectivity index (χ1) is 14.0. The van der Waals surface area contributed by atoms with Gasteiger partial charge in [-0.2, -0.15) is 0 Å². The monoisotopic (exact) mass is 419 g/mol. The molecule has 30 heavy (non-hydrogen) atoms. The summed E-state index contributed by atoms with van der Waals surface area (Å²) in [6.07, 6.45) is 0. The van der Waals surface area contributed by atoms with E-state index >= 15 is 0 Å². The van der Waals surface area contributed by atoms with Crippen LogP contribution in [0.2, 0.25) is 0 Å². The average molecular weight is 419 g/mol. The third-order valence-electron chi connectivity index (χ3n) is 5.66. The van der Waals surface area contributed by atoms with Crippen LogP contribution in [0.3, 0.4) is 0 Å². The molecule has 156 valence electrons. The van der Waals surface area contributed by atoms with Crippen LogP contribution in [0.5, 0.6) is 0 Å². The van der Waals surface area contributed by atoms with Gasteiger partial charge in [0.05, 0.1) is 4.90 Å². The molecule has 0 radical (unpaired) electrons. The van der Waals surface area contributed by atoms with Gasteiger partial charge in [-0.1, -0.05) is 86.3 Å². The maximum Gasteiger partial charge on any atom is 0.305 e. The van der Waals surface area contributed by atoms with Crippen LogP contribution in [0.25, 0.3) is 0 Å². The predicted molar refractivity (Wildman–Crippen MR) is 128 cm³/mol. The van der Waals surface area contributed by atoms with E-state index in [4.69, 9.17) is 0 Å². The molecule has 1 N–H and O–H groups in total. The molecule has 3 nitrogen and oxygen atoms in total. The molecule has 0 unspecified atom stereocenters. The first-order valence-corrected chi connectivity index (χ1v) is 11.7. The Hall–Kier alpha value is -2.37. The summed E-state index contributed by atoms with van der Waals surface area (Å²) in [7, 11) is -3.71. The molecule has 5 heteroatoms. The summed E-state index contributed by atoms with van der Waals surface area (Å²) in [4.78, 5) is 0.280. The standard InChI is InChI=1S/C25H30BNO2S/c1-16-8-10-23(11-9-16)30(28,29)27-26(24-19(4)12-17(2)13-20(24)5)25-21(6)14-18(3)15-22(25)7/h8-15,27H,1-7H3. The van der Waals surface area contributed by atoms with E-state index in [0.717, 1.165) is 38.7 Å². The highest BCUT2D eigenvalue weighted by molar-refractivity contribution is 7.91. The molecule has 0 spiro atoms. The molecule has 0 bridgehead atoms. The quantitative estimate of drug-likeness (QED) is 0.637. The Bertz CT molecular complexity index is 1090. The lowest BCUT2D eigenvalue weighted by atomic mass is 9.48. The maximum atomic E-state index is 13.4. The summed E-state index contributed by atoms with van der Waals surface area (Å²) in [5, 5.41) is 0. The van der Waals surface area contributed by atoms with Crippen molar-refractivity contribution in [2.24, 2.45) is 0 Å². The third-order valence-corrected chi connectivity index (χ3v) is 7.10. The van der Waals surface area contributed by atoms with Crippen LogP contribution >= 0.6 is 0 Å². The van der Waals surface area contributed by atoms with E-state index < -0.39 is 16.9 Å². The lowest BCUT2D eigenvalue weighted by Crippen LogP contribution is -2.59. The number of aryl methyl sites for hydroxylation is 7. The Morgan fingerprint density at radius 2 is 0.967 bits per heavy atom. The molecule has 3 rings (SSSR count). The van der Waals surface area contributed by atoms with Crippen LogP contribution in [-0.4, -0.2) is 15.3 Å². The van der Waals surface area contributed by atoms with Crippen LogP contribution in [0, 0.1) is 48.5 Å². The lowest BCUT2D eigenvalue weighted by molar-refractivity contribution is 0.593. The van der Waals surface area contributed by atoms with Crippen LogP contribution in [0.4, 0.5) is 0 Å². The van der Waals surface area contributed by atoms with Crippen molar-refractivity contribution in [1.82, 2.24) is 4.63 Å². The van der Waals surface area contributed by atoms with Gasteiger partial charge in [0.15, 0.2) is 0 Å². The normalized spacial score (nSPS) is 11.6. The summed E-state index contributed by atoms with van der Waals surface area (Å²) in [6.45, 7) is 13.9. The molecule has 0 amide bonds. The van der Waals surface area contributed by atoms with Crippen LogP contribution in [-0.2, 0) is 10.0 Å². The molecular weight excluding hydrogens is 389 g/mol. The smallest absolute Gasteiger partial charge is 0.241 e. The molecule has 0 saturated heterocycles. The van der Waals surface area contributed by atoms with Crippen LogP contribution < -0.4 is 15.6 Å². The Morgan fingerprint density at radius 1 is 0.600 bits per heavy atom. The van der Waals surface area contributed by atoms with Gasteiger partial charge in [-0.3, -0.25) is 0 Å². The van der Waals surface area contributed by atoms with E-state index in [1.807, 2.05) is 19.1 Å². The fourth-order valence-corrected chi connectivity index (χ4v) is 5.67. The molecule has 3 aromatic carbocycles. The number of benzene rings is 3. The predicted octanol–water partition coefficient (Wildman–Crippen LogP) is 3.93. The van der Waals surface area contributed by atoms with Crippen molar-refractivity contribution in [3.8, 4) is 0 Å². The second kappa shape index (κ2) is 8.40. The zero-order valence-electron chi connectivity index (χ0n) is 18.9. The summed E-state index contributed by atoms with van der Waals surface area (Å²) in [5.41, 5.74) is 9.76. The van der Waals surface area contributed by atoms with Crippen molar-refractivity contribution in [3.05, 3.63) is 87.5 Å². The second-order valence-electron chi connectivity index (χ2n) is 8.49. The van der Waals surface area contributed by atoms with E-state index in [1.165, 1.54) is 11.1 Å². The number of rotatable bonds is 5. The van der Waals surface area contributed by atoms with Gasteiger partial charge in [0, 0.05) is 0 Å². The minimum atomic E-state index is -3.71. The minimum absolute atomic E-state index is 0.280. The highest BCUT2D eigenvalue weighted by Crippen LogP contribution is 2.15. The highest BCUT2D eigenvalue weighted by Gasteiger charge is 2.31. The lowest BCUT2D eigenvalue weighted by Gasteiger charge is -2.24. The highest BCUT2D eigenvalue weighted by atomic mass is 32.2. The van der Waals surface area contributed by atoms with Crippen molar-refractivity contribution in [2.75, 3.05) is 0 Å². The summed E-state index contributed by atoms with van der Waals surface area (Å²) in [5.74, 6) is 0. The zero-order chi connectivity index (χ0) is 22.2. The van der Waals surface area contributed by atoms with E-state index in [1.54, 1.807) is 12.1 Å². The number of sulfonamides is 1. The SMILES string of the molecule is Cc1ccc(S(=O)(=O)NB(c2c(C)cc(C)cc2C)c2c(C)cc(C)cc2C)cc1. The maximum absolute atomic E-state index is 13.4. The van der Waals surface area contributed by atoms with Crippen molar-refractivity contribution in [2.45, 2.75) is 53.4 Å². The Balaban J connectivity index is 2.23. The van der Waals surface area contributed by atoms with Crippen LogP contribution in [0.15, 0.2) is 53.4 Å². The Labute approximate surface area is 181 Å². The fourth-order valence-electron chi connectivity index (χ4n) is 4.50. The van der Waals surface area contributed by atoms with Crippen molar-refractivity contribution in [1.29, 1.82) is 0 Å². The van der Waals surface area contributed by atoms with E-state index in [-0.39, 0.29) is 4.90 Å². The van der Waals surface area contributed by atoms with Crippen LogP contribution in [0.1, 0.15) is 38.9 Å². The van der Waals surface area contributed by atoms with E-state index in [9.17, 15) is 8.42 Å². The largest absolute Gasteiger partial charge is 0.305 e. The first-order valence-electron chi connectivity index (χ1n) is 10.2. The van der Waals surface area contributed by atoms with Gasteiger partial charge in [0.25, 0.3) is 0 Å². The number of hydrogen-bond acceptors (Lipinski definition) is 2. The van der Waals surface area contributed by atoms with Gasteiger partial charge < -0.3 is 0 Å². The Kier molecular flexibility index (Phi) is 6.25. The molecular formula is C25H30BNO2S. The third kappa shape index (κ3) is 4.53. The molecule has 0 heterocycles. The van der Waals surface area contributed by atoms with Gasteiger partial charge in [-0.05, 0) is 60.6 Å². The number of nitrogens with one attached hydrogen (secondary N) is 1. The van der Waals surface area contributed by atoms with Gasteiger partial charge in [0.2, 0.25) is 10.0 Å². The van der Waals surface area contributed by atoms with Gasteiger partial charge in [-0.15, -0.1) is 0 Å². The van der Waals surface area contributed by atoms with Gasteiger partial charge in [-0.25, -0.2) is 13.1 Å². The summed E-state index contributed by atoms with van der Waals surface area (Å²) >= 11 is 0. The summed E-state index contributed by atoms with van der Waals surface area (Å²) < 4.78 is 29.8. The zero-order valence-corrected chi connectivity index (χ0v) is 19.7. The molecule has 0 saturated carbocycles. The van der Waals surface area contributed by atoms with Crippen molar-refractivity contribution < 1.29 is 8.42 Å². The van der Waals surface area contributed by atoms with E-state index in [0.29, 0.717) is 0 Å². The molecule has 0 aliphatic rings. The molecule has 0 fully saturated rings. The Morgan fingerprint density at radius 3 is 1.33 bits per heavy atom. The van der Waals surface area contributed by atoms with Gasteiger partial charge in [0.1, 0.15) is 0 Å². The molecule has 0 aliphatic carbocycles. The van der Waals surface area contributed by atoms with Gasteiger partial charge >= 0.3 is 6.85 Å². The average Bonchev–Trinajstić information content (AvgIpc) is 2.59. The van der Waals surface area contributed by atoms with Crippen molar-refractivity contribution in [3.63, 3.8) is 0 Å². The molecule has 0 aromatic heterocycles.